The predicted molar refractivity (Wildman–Crippen MR) is 107 cm³/mol. The first kappa shape index (κ1) is 22.7. The Morgan fingerprint density at radius 1 is 1.18 bits per heavy atom. The molecule has 1 atom stereocenters. The van der Waals surface area contributed by atoms with Crippen molar-refractivity contribution in [3.63, 3.8) is 0 Å². The van der Waals surface area contributed by atoms with Crippen molar-refractivity contribution in [3.8, 4) is 0 Å². The molecule has 1 aliphatic heterocycles. The van der Waals surface area contributed by atoms with Gasteiger partial charge in [-0.05, 0) is 44.5 Å². The molecule has 0 radical (unpaired) electrons. The second kappa shape index (κ2) is 9.30. The van der Waals surface area contributed by atoms with E-state index in [1.165, 1.54) is 17.8 Å². The van der Waals surface area contributed by atoms with Gasteiger partial charge in [0.15, 0.2) is 0 Å². The van der Waals surface area contributed by atoms with Crippen LogP contribution in [0.3, 0.4) is 0 Å². The minimum absolute atomic E-state index is 0.0528. The summed E-state index contributed by atoms with van der Waals surface area (Å²) >= 11 is 3.14. The third kappa shape index (κ3) is 7.46. The molecule has 0 saturated carbocycles. The highest BCUT2D eigenvalue weighted by atomic mass is 32.2. The van der Waals surface area contributed by atoms with Crippen molar-refractivity contribution in [2.45, 2.75) is 44.3 Å². The summed E-state index contributed by atoms with van der Waals surface area (Å²) in [4.78, 5) is 24.1. The van der Waals surface area contributed by atoms with Crippen molar-refractivity contribution in [2.75, 3.05) is 22.6 Å². The molecule has 10 heteroatoms. The predicted octanol–water partition coefficient (Wildman–Crippen LogP) is 4.52. The van der Waals surface area contributed by atoms with Gasteiger partial charge in [0.25, 0.3) is 0 Å². The summed E-state index contributed by atoms with van der Waals surface area (Å²) in [6.45, 7) is 4.90. The van der Waals surface area contributed by atoms with E-state index < -0.39 is 23.4 Å². The lowest BCUT2D eigenvalue weighted by Gasteiger charge is -2.21. The van der Waals surface area contributed by atoms with Gasteiger partial charge in [0.2, 0.25) is 5.91 Å². The number of nitrogens with one attached hydrogen (secondary N) is 2. The fraction of sp³-hybridized carbons (Fsp3) is 0.556. The maximum Gasteiger partial charge on any atom is 0.416 e. The number of amides is 2. The van der Waals surface area contributed by atoms with Crippen molar-refractivity contribution in [1.29, 1.82) is 0 Å². The van der Waals surface area contributed by atoms with E-state index in [9.17, 15) is 22.8 Å². The number of hydrogen-bond donors (Lipinski definition) is 2. The monoisotopic (exact) mass is 436 g/mol. The van der Waals surface area contributed by atoms with E-state index in [1.54, 1.807) is 32.5 Å². The molecular formula is C18H23F3N2O3S2. The molecule has 1 aromatic carbocycles. The zero-order valence-electron chi connectivity index (χ0n) is 15.8. The second-order valence-corrected chi connectivity index (χ2v) is 9.66. The van der Waals surface area contributed by atoms with E-state index in [4.69, 9.17) is 4.74 Å². The number of carbonyl (C=O) groups is 2. The van der Waals surface area contributed by atoms with Gasteiger partial charge in [-0.15, -0.1) is 11.8 Å². The first-order valence-electron chi connectivity index (χ1n) is 8.62. The summed E-state index contributed by atoms with van der Waals surface area (Å²) in [5.74, 6) is 2.10. The fourth-order valence-corrected chi connectivity index (χ4v) is 4.94. The van der Waals surface area contributed by atoms with Crippen molar-refractivity contribution < 1.29 is 27.5 Å². The van der Waals surface area contributed by atoms with Crippen LogP contribution in [0.5, 0.6) is 0 Å². The van der Waals surface area contributed by atoms with Gasteiger partial charge in [0, 0.05) is 29.5 Å². The quantitative estimate of drug-likeness (QED) is 0.727. The van der Waals surface area contributed by atoms with Gasteiger partial charge in [-0.25, -0.2) is 4.79 Å². The maximum atomic E-state index is 13.2. The topological polar surface area (TPSA) is 67.4 Å². The second-order valence-electron chi connectivity index (χ2n) is 7.20. The third-order valence-corrected chi connectivity index (χ3v) is 6.29. The largest absolute Gasteiger partial charge is 0.444 e. The highest BCUT2D eigenvalue weighted by Gasteiger charge is 2.32. The molecule has 1 aliphatic rings. The average molecular weight is 437 g/mol. The van der Waals surface area contributed by atoms with E-state index in [-0.39, 0.29) is 29.0 Å². The van der Waals surface area contributed by atoms with E-state index in [0.717, 1.165) is 23.6 Å². The molecule has 2 N–H and O–H groups in total. The molecular weight excluding hydrogens is 413 g/mol. The Morgan fingerprint density at radius 3 is 2.46 bits per heavy atom. The third-order valence-electron chi connectivity index (χ3n) is 3.53. The molecule has 0 aliphatic carbocycles. The summed E-state index contributed by atoms with van der Waals surface area (Å²) < 4.78 is 44.8. The number of rotatable bonds is 4. The van der Waals surface area contributed by atoms with Crippen LogP contribution in [-0.2, 0) is 22.3 Å². The Morgan fingerprint density at radius 2 is 1.89 bits per heavy atom. The minimum atomic E-state index is -4.57. The Balaban J connectivity index is 2.13. The molecule has 1 unspecified atom stereocenters. The molecule has 5 nitrogen and oxygen atoms in total. The highest BCUT2D eigenvalue weighted by molar-refractivity contribution is 8.07. The van der Waals surface area contributed by atoms with Gasteiger partial charge in [-0.2, -0.15) is 24.9 Å². The number of benzene rings is 1. The van der Waals surface area contributed by atoms with Crippen LogP contribution in [0.2, 0.25) is 0 Å². The summed E-state index contributed by atoms with van der Waals surface area (Å²) in [6, 6.07) is 3.26. The lowest BCUT2D eigenvalue weighted by atomic mass is 10.1. The lowest BCUT2D eigenvalue weighted by Crippen LogP contribution is -2.32. The lowest BCUT2D eigenvalue weighted by molar-refractivity contribution is -0.137. The smallest absolute Gasteiger partial charge is 0.416 e. The van der Waals surface area contributed by atoms with Gasteiger partial charge < -0.3 is 15.4 Å². The maximum absolute atomic E-state index is 13.2. The molecule has 28 heavy (non-hydrogen) atoms. The normalized spacial score (nSPS) is 17.7. The zero-order chi connectivity index (χ0) is 20.9. The van der Waals surface area contributed by atoms with Crippen LogP contribution in [0.1, 0.15) is 31.9 Å². The van der Waals surface area contributed by atoms with Crippen LogP contribution in [0.15, 0.2) is 18.2 Å². The number of halogens is 3. The van der Waals surface area contributed by atoms with Crippen LogP contribution in [0, 0.1) is 0 Å². The zero-order valence-corrected chi connectivity index (χ0v) is 17.4. The molecule has 1 aromatic rings. The van der Waals surface area contributed by atoms with E-state index >= 15 is 0 Å². The number of carbonyl (C=O) groups excluding carboxylic acids is 2. The molecule has 1 saturated heterocycles. The molecule has 0 spiro atoms. The number of ether oxygens (including phenoxy) is 1. The Bertz CT molecular complexity index is 715. The number of hydrogen-bond acceptors (Lipinski definition) is 5. The van der Waals surface area contributed by atoms with E-state index in [2.05, 4.69) is 10.6 Å². The molecule has 1 fully saturated rings. The van der Waals surface area contributed by atoms with Gasteiger partial charge in [0.05, 0.1) is 10.8 Å². The van der Waals surface area contributed by atoms with Crippen molar-refractivity contribution >= 4 is 41.2 Å². The van der Waals surface area contributed by atoms with Crippen LogP contribution < -0.4 is 10.6 Å². The number of thioether (sulfide) groups is 2. The molecule has 1 heterocycles. The van der Waals surface area contributed by atoms with Crippen LogP contribution >= 0.6 is 23.5 Å². The minimum Gasteiger partial charge on any atom is -0.444 e. The first-order chi connectivity index (χ1) is 12.9. The van der Waals surface area contributed by atoms with Crippen molar-refractivity contribution in [2.24, 2.45) is 0 Å². The van der Waals surface area contributed by atoms with Crippen molar-refractivity contribution in [3.05, 3.63) is 29.3 Å². The Hall–Kier alpha value is -1.55. The average Bonchev–Trinajstić information content (AvgIpc) is 2.58. The standard InChI is InChI=1S/C18H23F3N2O3S2/c1-17(2,3)26-16(25)22-9-11-6-12(18(19,20)21)8-13(7-11)23-15(24)14-10-27-4-5-28-14/h6-8,14H,4-5,9-10H2,1-3H3,(H,22,25)(H,23,24). The summed E-state index contributed by atoms with van der Waals surface area (Å²) in [7, 11) is 0. The van der Waals surface area contributed by atoms with Crippen molar-refractivity contribution in [1.82, 2.24) is 5.32 Å². The van der Waals surface area contributed by atoms with E-state index in [1.807, 2.05) is 0 Å². The van der Waals surface area contributed by atoms with Gasteiger partial charge in [-0.1, -0.05) is 0 Å². The number of alkyl carbamates (subject to hydrolysis) is 1. The van der Waals surface area contributed by atoms with E-state index in [0.29, 0.717) is 5.75 Å². The molecule has 156 valence electrons. The Labute approximate surface area is 170 Å². The molecule has 2 rings (SSSR count). The van der Waals surface area contributed by atoms with Gasteiger partial charge >= 0.3 is 12.3 Å². The Kier molecular flexibility index (Phi) is 7.55. The van der Waals surface area contributed by atoms with Gasteiger partial charge in [0.1, 0.15) is 5.60 Å². The number of alkyl halides is 3. The summed E-state index contributed by atoms with van der Waals surface area (Å²) in [5, 5.41) is 4.71. The molecule has 2 amide bonds. The van der Waals surface area contributed by atoms with Crippen LogP contribution in [0.4, 0.5) is 23.7 Å². The summed E-state index contributed by atoms with van der Waals surface area (Å²) in [5.41, 5.74) is -1.34. The highest BCUT2D eigenvalue weighted by Crippen LogP contribution is 2.32. The van der Waals surface area contributed by atoms with Crippen LogP contribution in [-0.4, -0.2) is 40.1 Å². The van der Waals surface area contributed by atoms with Gasteiger partial charge in [-0.3, -0.25) is 4.79 Å². The van der Waals surface area contributed by atoms with Crippen LogP contribution in [0.25, 0.3) is 0 Å². The number of anilines is 1. The summed E-state index contributed by atoms with van der Waals surface area (Å²) in [6.07, 6.45) is -5.30. The molecule has 0 aromatic heterocycles. The fourth-order valence-electron chi connectivity index (χ4n) is 2.38. The SMILES string of the molecule is CC(C)(C)OC(=O)NCc1cc(NC(=O)C2CSCCS2)cc(C(F)(F)F)c1. The first-order valence-corrected chi connectivity index (χ1v) is 10.8. The molecule has 0 bridgehead atoms.